The Kier molecular flexibility index (Phi) is 5.38. The van der Waals surface area contributed by atoms with Crippen molar-refractivity contribution in [3.63, 3.8) is 0 Å². The molecule has 1 atom stereocenters. The van der Waals surface area contributed by atoms with Crippen LogP contribution in [-0.4, -0.2) is 66.6 Å². The minimum Gasteiger partial charge on any atom is -0.328 e. The highest BCUT2D eigenvalue weighted by molar-refractivity contribution is 7.89. The highest BCUT2D eigenvalue weighted by Crippen LogP contribution is 2.24. The number of rotatable bonds is 4. The third-order valence-corrected chi connectivity index (χ3v) is 7.37. The molecule has 0 aliphatic carbocycles. The summed E-state index contributed by atoms with van der Waals surface area (Å²) in [6.45, 7) is 1.01. The standard InChI is InChI=1S/C21H23N3O4S/c25-20-16-22(15-17-7-3-1-4-8-17)21(26)19-11-12-23(13-14-24(19)20)29(27,28)18-9-5-2-6-10-18/h1-10,19H,11-16H2. The molecule has 29 heavy (non-hydrogen) atoms. The van der Waals surface area contributed by atoms with Crippen molar-refractivity contribution in [2.24, 2.45) is 0 Å². The average molecular weight is 413 g/mol. The molecule has 7 nitrogen and oxygen atoms in total. The van der Waals surface area contributed by atoms with Gasteiger partial charge in [0.15, 0.2) is 0 Å². The summed E-state index contributed by atoms with van der Waals surface area (Å²) in [5.74, 6) is -0.253. The van der Waals surface area contributed by atoms with Gasteiger partial charge in [-0.2, -0.15) is 4.31 Å². The molecule has 2 aliphatic rings. The van der Waals surface area contributed by atoms with Gasteiger partial charge in [0.1, 0.15) is 12.6 Å². The van der Waals surface area contributed by atoms with E-state index in [4.69, 9.17) is 0 Å². The van der Waals surface area contributed by atoms with Crippen molar-refractivity contribution in [2.75, 3.05) is 26.2 Å². The van der Waals surface area contributed by atoms with Crippen LogP contribution in [0.1, 0.15) is 12.0 Å². The van der Waals surface area contributed by atoms with Gasteiger partial charge in [0.05, 0.1) is 4.90 Å². The first-order chi connectivity index (χ1) is 14.0. The van der Waals surface area contributed by atoms with Crippen molar-refractivity contribution in [2.45, 2.75) is 23.9 Å². The second kappa shape index (κ2) is 7.96. The van der Waals surface area contributed by atoms with Crippen molar-refractivity contribution < 1.29 is 18.0 Å². The van der Waals surface area contributed by atoms with Gasteiger partial charge in [0.25, 0.3) is 0 Å². The highest BCUT2D eigenvalue weighted by atomic mass is 32.2. The largest absolute Gasteiger partial charge is 0.328 e. The molecule has 0 bridgehead atoms. The van der Waals surface area contributed by atoms with Crippen LogP contribution in [0.15, 0.2) is 65.6 Å². The molecule has 1 unspecified atom stereocenters. The Morgan fingerprint density at radius 3 is 2.21 bits per heavy atom. The van der Waals surface area contributed by atoms with Crippen LogP contribution in [0.4, 0.5) is 0 Å². The normalized spacial score (nSPS) is 21.0. The predicted octanol–water partition coefficient (Wildman–Crippen LogP) is 1.32. The third-order valence-electron chi connectivity index (χ3n) is 5.46. The van der Waals surface area contributed by atoms with E-state index in [2.05, 4.69) is 0 Å². The number of hydrogen-bond donors (Lipinski definition) is 0. The molecule has 2 heterocycles. The van der Waals surface area contributed by atoms with Gasteiger partial charge in [-0.3, -0.25) is 9.59 Å². The maximum absolute atomic E-state index is 13.1. The lowest BCUT2D eigenvalue weighted by molar-refractivity contribution is -0.156. The molecule has 0 radical (unpaired) electrons. The van der Waals surface area contributed by atoms with Crippen LogP contribution < -0.4 is 0 Å². The fourth-order valence-corrected chi connectivity index (χ4v) is 5.39. The van der Waals surface area contributed by atoms with Crippen molar-refractivity contribution in [3.8, 4) is 0 Å². The zero-order valence-electron chi connectivity index (χ0n) is 16.0. The van der Waals surface area contributed by atoms with Crippen LogP contribution in [0.2, 0.25) is 0 Å². The number of piperazine rings is 1. The van der Waals surface area contributed by atoms with E-state index in [1.807, 2.05) is 30.3 Å². The van der Waals surface area contributed by atoms with E-state index < -0.39 is 16.1 Å². The molecule has 0 N–H and O–H groups in total. The van der Waals surface area contributed by atoms with Crippen LogP contribution >= 0.6 is 0 Å². The topological polar surface area (TPSA) is 78.0 Å². The second-order valence-electron chi connectivity index (χ2n) is 7.29. The molecule has 4 rings (SSSR count). The lowest BCUT2D eigenvalue weighted by atomic mass is 10.1. The van der Waals surface area contributed by atoms with E-state index in [0.717, 1.165) is 5.56 Å². The second-order valence-corrected chi connectivity index (χ2v) is 9.23. The Morgan fingerprint density at radius 2 is 1.52 bits per heavy atom. The summed E-state index contributed by atoms with van der Waals surface area (Å²) in [5, 5.41) is 0. The van der Waals surface area contributed by atoms with Crippen LogP contribution in [0.3, 0.4) is 0 Å². The third kappa shape index (κ3) is 3.90. The first-order valence-electron chi connectivity index (χ1n) is 9.64. The summed E-state index contributed by atoms with van der Waals surface area (Å²) < 4.78 is 27.3. The zero-order chi connectivity index (χ0) is 20.4. The SMILES string of the molecule is O=C1C2CCN(S(=O)(=O)c3ccccc3)CCN2C(=O)CN1Cc1ccccc1. The Labute approximate surface area is 170 Å². The van der Waals surface area contributed by atoms with Crippen molar-refractivity contribution in [3.05, 3.63) is 66.2 Å². The van der Waals surface area contributed by atoms with Gasteiger partial charge in [-0.25, -0.2) is 8.42 Å². The Bertz CT molecular complexity index is 995. The van der Waals surface area contributed by atoms with Gasteiger partial charge >= 0.3 is 0 Å². The predicted molar refractivity (Wildman–Crippen MR) is 107 cm³/mol. The van der Waals surface area contributed by atoms with E-state index in [9.17, 15) is 18.0 Å². The molecule has 2 aromatic carbocycles. The summed E-state index contributed by atoms with van der Waals surface area (Å²) in [5.41, 5.74) is 0.962. The monoisotopic (exact) mass is 413 g/mol. The number of hydrogen-bond acceptors (Lipinski definition) is 4. The Hall–Kier alpha value is -2.71. The summed E-state index contributed by atoms with van der Waals surface area (Å²) in [7, 11) is -3.65. The van der Waals surface area contributed by atoms with Gasteiger partial charge in [-0.05, 0) is 24.1 Å². The quantitative estimate of drug-likeness (QED) is 0.758. The molecule has 0 spiro atoms. The van der Waals surface area contributed by atoms with Gasteiger partial charge < -0.3 is 9.80 Å². The molecule has 2 amide bonds. The van der Waals surface area contributed by atoms with Gasteiger partial charge in [0, 0.05) is 26.2 Å². The maximum Gasteiger partial charge on any atom is 0.246 e. The van der Waals surface area contributed by atoms with Gasteiger partial charge in [-0.15, -0.1) is 0 Å². The molecule has 0 aromatic heterocycles. The van der Waals surface area contributed by atoms with Crippen molar-refractivity contribution in [1.29, 1.82) is 0 Å². The Balaban J connectivity index is 1.52. The molecular formula is C21H23N3O4S. The highest BCUT2D eigenvalue weighted by Gasteiger charge is 2.42. The summed E-state index contributed by atoms with van der Waals surface area (Å²) in [6.07, 6.45) is 0.294. The first-order valence-corrected chi connectivity index (χ1v) is 11.1. The summed E-state index contributed by atoms with van der Waals surface area (Å²) >= 11 is 0. The molecule has 8 heteroatoms. The number of carbonyl (C=O) groups is 2. The maximum atomic E-state index is 13.1. The van der Waals surface area contributed by atoms with E-state index in [0.29, 0.717) is 13.0 Å². The smallest absolute Gasteiger partial charge is 0.246 e. The van der Waals surface area contributed by atoms with Crippen LogP contribution in [0.5, 0.6) is 0 Å². The average Bonchev–Trinajstić information content (AvgIpc) is 2.97. The number of fused-ring (bicyclic) bond motifs is 1. The number of amides is 2. The lowest BCUT2D eigenvalue weighted by Gasteiger charge is -2.39. The number of nitrogens with zero attached hydrogens (tertiary/aromatic N) is 3. The molecule has 2 saturated heterocycles. The molecule has 152 valence electrons. The molecule has 2 aliphatic heterocycles. The molecule has 2 fully saturated rings. The number of carbonyl (C=O) groups excluding carboxylic acids is 2. The van der Waals surface area contributed by atoms with Crippen LogP contribution in [0.25, 0.3) is 0 Å². The summed E-state index contributed by atoms with van der Waals surface area (Å²) in [4.78, 5) is 29.1. The Morgan fingerprint density at radius 1 is 0.862 bits per heavy atom. The molecule has 2 aromatic rings. The fourth-order valence-electron chi connectivity index (χ4n) is 3.93. The van der Waals surface area contributed by atoms with Gasteiger partial charge in [0.2, 0.25) is 21.8 Å². The van der Waals surface area contributed by atoms with E-state index >= 15 is 0 Å². The minimum atomic E-state index is -3.65. The van der Waals surface area contributed by atoms with Gasteiger partial charge in [-0.1, -0.05) is 48.5 Å². The first kappa shape index (κ1) is 19.6. The molecule has 0 saturated carbocycles. The lowest BCUT2D eigenvalue weighted by Crippen LogP contribution is -2.59. The van der Waals surface area contributed by atoms with Crippen LogP contribution in [0, 0.1) is 0 Å². The number of benzene rings is 2. The van der Waals surface area contributed by atoms with Crippen molar-refractivity contribution in [1.82, 2.24) is 14.1 Å². The van der Waals surface area contributed by atoms with E-state index in [-0.39, 0.29) is 42.9 Å². The zero-order valence-corrected chi connectivity index (χ0v) is 16.8. The van der Waals surface area contributed by atoms with E-state index in [1.165, 1.54) is 4.31 Å². The van der Waals surface area contributed by atoms with Crippen molar-refractivity contribution >= 4 is 21.8 Å². The van der Waals surface area contributed by atoms with Crippen LogP contribution in [-0.2, 0) is 26.2 Å². The van der Waals surface area contributed by atoms with E-state index in [1.54, 1.807) is 40.1 Å². The minimum absolute atomic E-state index is 0.0235. The number of sulfonamides is 1. The fraction of sp³-hybridized carbons (Fsp3) is 0.333. The summed E-state index contributed by atoms with van der Waals surface area (Å²) in [6, 6.07) is 17.2. The molecular weight excluding hydrogens is 390 g/mol.